The standard InChI is InChI=1S/C28H30N2O3/c1-4-5-15-30(18-23-11-14-27(20(2)16-23)33-19-28(31)32)26-8-6-7-25(21(26)3)24-12-9-22(17-29)10-13-24/h6-14,16H,4-5,15,18-19H2,1-3H3,(H,31,32). The summed E-state index contributed by atoms with van der Waals surface area (Å²) in [6.07, 6.45) is 2.19. The molecule has 3 aromatic carbocycles. The third-order valence-electron chi connectivity index (χ3n) is 5.72. The third-order valence-corrected chi connectivity index (χ3v) is 5.72. The summed E-state index contributed by atoms with van der Waals surface area (Å²) in [5.74, 6) is -0.387. The first-order valence-electron chi connectivity index (χ1n) is 11.2. The summed E-state index contributed by atoms with van der Waals surface area (Å²) in [7, 11) is 0. The van der Waals surface area contributed by atoms with Crippen LogP contribution >= 0.6 is 0 Å². The molecule has 3 rings (SSSR count). The second-order valence-electron chi connectivity index (χ2n) is 8.20. The Morgan fingerprint density at radius 1 is 1.09 bits per heavy atom. The molecule has 0 saturated carbocycles. The molecule has 0 atom stereocenters. The molecule has 0 aromatic heterocycles. The second kappa shape index (κ2) is 11.2. The van der Waals surface area contributed by atoms with Crippen molar-refractivity contribution in [1.29, 1.82) is 5.26 Å². The van der Waals surface area contributed by atoms with E-state index in [0.717, 1.165) is 48.2 Å². The highest BCUT2D eigenvalue weighted by Crippen LogP contribution is 2.32. The van der Waals surface area contributed by atoms with Gasteiger partial charge in [-0.15, -0.1) is 0 Å². The fourth-order valence-corrected chi connectivity index (χ4v) is 3.97. The van der Waals surface area contributed by atoms with Crippen molar-refractivity contribution in [2.24, 2.45) is 0 Å². The molecule has 0 amide bonds. The number of aryl methyl sites for hydroxylation is 1. The summed E-state index contributed by atoms with van der Waals surface area (Å²) < 4.78 is 5.37. The third kappa shape index (κ3) is 6.14. The predicted molar refractivity (Wildman–Crippen MR) is 132 cm³/mol. The van der Waals surface area contributed by atoms with E-state index >= 15 is 0 Å². The van der Waals surface area contributed by atoms with Gasteiger partial charge in [-0.2, -0.15) is 5.26 Å². The molecular weight excluding hydrogens is 412 g/mol. The molecule has 5 nitrogen and oxygen atoms in total. The average Bonchev–Trinajstić information content (AvgIpc) is 2.81. The van der Waals surface area contributed by atoms with E-state index in [4.69, 9.17) is 15.1 Å². The zero-order valence-electron chi connectivity index (χ0n) is 19.5. The van der Waals surface area contributed by atoms with Crippen LogP contribution in [-0.4, -0.2) is 24.2 Å². The zero-order valence-corrected chi connectivity index (χ0v) is 19.5. The lowest BCUT2D eigenvalue weighted by molar-refractivity contribution is -0.139. The average molecular weight is 443 g/mol. The zero-order chi connectivity index (χ0) is 23.8. The van der Waals surface area contributed by atoms with Gasteiger partial charge in [-0.25, -0.2) is 4.79 Å². The number of carboxylic acid groups (broad SMARTS) is 1. The number of hydrogen-bond acceptors (Lipinski definition) is 4. The smallest absolute Gasteiger partial charge is 0.341 e. The summed E-state index contributed by atoms with van der Waals surface area (Å²) >= 11 is 0. The van der Waals surface area contributed by atoms with Gasteiger partial charge in [0.05, 0.1) is 11.6 Å². The fourth-order valence-electron chi connectivity index (χ4n) is 3.97. The van der Waals surface area contributed by atoms with Gasteiger partial charge in [-0.3, -0.25) is 0 Å². The number of benzene rings is 3. The van der Waals surface area contributed by atoms with Crippen molar-refractivity contribution in [2.75, 3.05) is 18.1 Å². The van der Waals surface area contributed by atoms with Crippen LogP contribution in [0.5, 0.6) is 5.75 Å². The van der Waals surface area contributed by atoms with E-state index in [1.807, 2.05) is 43.3 Å². The van der Waals surface area contributed by atoms with E-state index in [2.05, 4.69) is 49.1 Å². The highest BCUT2D eigenvalue weighted by molar-refractivity contribution is 5.74. The number of nitrogens with zero attached hydrogens (tertiary/aromatic N) is 2. The van der Waals surface area contributed by atoms with Crippen molar-refractivity contribution in [3.05, 3.63) is 82.9 Å². The molecule has 0 radical (unpaired) electrons. The molecule has 0 bridgehead atoms. The van der Waals surface area contributed by atoms with Crippen LogP contribution in [0.2, 0.25) is 0 Å². The molecule has 0 saturated heterocycles. The SMILES string of the molecule is CCCCN(Cc1ccc(OCC(=O)O)c(C)c1)c1cccc(-c2ccc(C#N)cc2)c1C. The first kappa shape index (κ1) is 23.9. The maximum absolute atomic E-state index is 10.8. The lowest BCUT2D eigenvalue weighted by Gasteiger charge is -2.28. The quantitative estimate of drug-likeness (QED) is 0.410. The van der Waals surface area contributed by atoms with Crippen LogP contribution < -0.4 is 9.64 Å². The Hall–Kier alpha value is -3.78. The number of anilines is 1. The molecule has 0 aliphatic heterocycles. The van der Waals surface area contributed by atoms with Crippen molar-refractivity contribution in [3.8, 4) is 22.9 Å². The molecule has 0 heterocycles. The van der Waals surface area contributed by atoms with Gasteiger partial charge >= 0.3 is 5.97 Å². The monoisotopic (exact) mass is 442 g/mol. The van der Waals surface area contributed by atoms with Gasteiger partial charge < -0.3 is 14.7 Å². The van der Waals surface area contributed by atoms with Crippen LogP contribution in [0.4, 0.5) is 5.69 Å². The van der Waals surface area contributed by atoms with E-state index in [1.165, 1.54) is 11.3 Å². The first-order chi connectivity index (χ1) is 15.9. The van der Waals surface area contributed by atoms with Crippen molar-refractivity contribution in [3.63, 3.8) is 0 Å². The molecule has 0 aliphatic carbocycles. The van der Waals surface area contributed by atoms with Crippen molar-refractivity contribution >= 4 is 11.7 Å². The van der Waals surface area contributed by atoms with Gasteiger partial charge in [0.1, 0.15) is 5.75 Å². The van der Waals surface area contributed by atoms with Gasteiger partial charge in [0.25, 0.3) is 0 Å². The van der Waals surface area contributed by atoms with Crippen molar-refractivity contribution < 1.29 is 14.6 Å². The Labute approximate surface area is 195 Å². The first-order valence-corrected chi connectivity index (χ1v) is 11.2. The molecule has 3 aromatic rings. The van der Waals surface area contributed by atoms with Crippen LogP contribution in [0.1, 0.15) is 42.0 Å². The second-order valence-corrected chi connectivity index (χ2v) is 8.20. The topological polar surface area (TPSA) is 73.6 Å². The highest BCUT2D eigenvalue weighted by atomic mass is 16.5. The largest absolute Gasteiger partial charge is 0.482 e. The summed E-state index contributed by atoms with van der Waals surface area (Å²) in [5.41, 5.74) is 7.38. The Kier molecular flexibility index (Phi) is 8.10. The summed E-state index contributed by atoms with van der Waals surface area (Å²) in [6, 6.07) is 22.2. The van der Waals surface area contributed by atoms with E-state index in [1.54, 1.807) is 0 Å². The molecule has 0 spiro atoms. The van der Waals surface area contributed by atoms with E-state index in [9.17, 15) is 4.79 Å². The normalized spacial score (nSPS) is 10.5. The minimum atomic E-state index is -0.984. The van der Waals surface area contributed by atoms with Crippen molar-refractivity contribution in [1.82, 2.24) is 0 Å². The Morgan fingerprint density at radius 3 is 2.48 bits per heavy atom. The summed E-state index contributed by atoms with van der Waals surface area (Å²) in [4.78, 5) is 13.2. The lowest BCUT2D eigenvalue weighted by atomic mass is 9.97. The van der Waals surface area contributed by atoms with Gasteiger partial charge in [0.2, 0.25) is 0 Å². The number of carbonyl (C=O) groups is 1. The Bertz CT molecular complexity index is 1150. The number of rotatable bonds is 10. The number of unbranched alkanes of at least 4 members (excludes halogenated alkanes) is 1. The molecule has 170 valence electrons. The summed E-state index contributed by atoms with van der Waals surface area (Å²) in [5, 5.41) is 18.0. The molecule has 0 aliphatic rings. The van der Waals surface area contributed by atoms with Gasteiger partial charge in [0.15, 0.2) is 6.61 Å². The molecule has 0 unspecified atom stereocenters. The van der Waals surface area contributed by atoms with E-state index in [0.29, 0.717) is 11.3 Å². The number of ether oxygens (including phenoxy) is 1. The summed E-state index contributed by atoms with van der Waals surface area (Å²) in [6.45, 7) is 7.62. The van der Waals surface area contributed by atoms with E-state index in [-0.39, 0.29) is 6.61 Å². The van der Waals surface area contributed by atoms with Crippen LogP contribution in [0, 0.1) is 25.2 Å². The number of carboxylic acids is 1. The highest BCUT2D eigenvalue weighted by Gasteiger charge is 2.14. The van der Waals surface area contributed by atoms with Gasteiger partial charge in [-0.1, -0.05) is 49.7 Å². The molecule has 5 heteroatoms. The van der Waals surface area contributed by atoms with E-state index < -0.39 is 5.97 Å². The van der Waals surface area contributed by atoms with Gasteiger partial charge in [-0.05, 0) is 72.4 Å². The minimum absolute atomic E-state index is 0.343. The molecule has 0 fully saturated rings. The Balaban J connectivity index is 1.89. The van der Waals surface area contributed by atoms with Crippen LogP contribution in [0.15, 0.2) is 60.7 Å². The van der Waals surface area contributed by atoms with Crippen LogP contribution in [0.3, 0.4) is 0 Å². The molecule has 33 heavy (non-hydrogen) atoms. The Morgan fingerprint density at radius 2 is 1.85 bits per heavy atom. The maximum Gasteiger partial charge on any atom is 0.341 e. The number of nitriles is 1. The van der Waals surface area contributed by atoms with Gasteiger partial charge in [0, 0.05) is 18.8 Å². The van der Waals surface area contributed by atoms with Crippen molar-refractivity contribution in [2.45, 2.75) is 40.2 Å². The predicted octanol–water partition coefficient (Wildman–Crippen LogP) is 6.11. The molecule has 1 N–H and O–H groups in total. The maximum atomic E-state index is 10.8. The fraction of sp³-hybridized carbons (Fsp3) is 0.286. The van der Waals surface area contributed by atoms with Crippen LogP contribution in [0.25, 0.3) is 11.1 Å². The van der Waals surface area contributed by atoms with Crippen LogP contribution in [-0.2, 0) is 11.3 Å². The lowest BCUT2D eigenvalue weighted by Crippen LogP contribution is -2.25. The number of hydrogen-bond donors (Lipinski definition) is 1. The minimum Gasteiger partial charge on any atom is -0.482 e. The number of aliphatic carboxylic acids is 1. The molecular formula is C28H30N2O3.